The van der Waals surface area contributed by atoms with Gasteiger partial charge in [0.15, 0.2) is 5.78 Å². The summed E-state index contributed by atoms with van der Waals surface area (Å²) in [4.78, 5) is 25.4. The second-order valence-electron chi connectivity index (χ2n) is 8.73. The number of alkyl halides is 2. The molecule has 2 aliphatic rings. The van der Waals surface area contributed by atoms with Crippen LogP contribution in [0.1, 0.15) is 48.6 Å². The molecular formula is C22H24F3N5O3S. The lowest BCUT2D eigenvalue weighted by atomic mass is 9.96. The maximum atomic E-state index is 14.9. The zero-order valence-corrected chi connectivity index (χ0v) is 19.4. The van der Waals surface area contributed by atoms with Crippen molar-refractivity contribution in [3.8, 4) is 5.75 Å². The van der Waals surface area contributed by atoms with Gasteiger partial charge in [-0.25, -0.2) is 17.9 Å². The molecule has 0 aromatic carbocycles. The summed E-state index contributed by atoms with van der Waals surface area (Å²) in [6, 6.07) is 5.00. The molecule has 0 fully saturated rings. The predicted octanol–water partition coefficient (Wildman–Crippen LogP) is 3.25. The molecule has 2 aromatic rings. The van der Waals surface area contributed by atoms with Crippen LogP contribution in [0.5, 0.6) is 5.75 Å². The largest absolute Gasteiger partial charge is 0.433 e. The Morgan fingerprint density at radius 3 is 2.71 bits per heavy atom. The van der Waals surface area contributed by atoms with Gasteiger partial charge in [0.1, 0.15) is 39.1 Å². The van der Waals surface area contributed by atoms with Crippen LogP contribution >= 0.6 is 0 Å². The highest BCUT2D eigenvalue weighted by Crippen LogP contribution is 2.41. The zero-order valence-electron chi connectivity index (χ0n) is 18.6. The summed E-state index contributed by atoms with van der Waals surface area (Å²) in [5, 5.41) is 0. The second kappa shape index (κ2) is 8.64. The number of halogens is 3. The molecule has 2 aliphatic heterocycles. The third kappa shape index (κ3) is 4.26. The maximum absolute atomic E-state index is 14.9. The number of ether oxygens (including phenoxy) is 1. The van der Waals surface area contributed by atoms with Gasteiger partial charge in [-0.1, -0.05) is 0 Å². The molecule has 0 bridgehead atoms. The Balaban J connectivity index is 1.63. The van der Waals surface area contributed by atoms with Gasteiger partial charge in [-0.05, 0) is 51.0 Å². The Labute approximate surface area is 195 Å². The van der Waals surface area contributed by atoms with E-state index in [1.54, 1.807) is 13.8 Å². The van der Waals surface area contributed by atoms with Crippen molar-refractivity contribution in [2.75, 3.05) is 12.3 Å². The van der Waals surface area contributed by atoms with Gasteiger partial charge in [-0.15, -0.1) is 0 Å². The van der Waals surface area contributed by atoms with Crippen molar-refractivity contribution in [1.82, 2.24) is 9.97 Å². The molecular weight excluding hydrogens is 471 g/mol. The van der Waals surface area contributed by atoms with Crippen LogP contribution in [0.15, 0.2) is 39.8 Å². The van der Waals surface area contributed by atoms with Crippen molar-refractivity contribution in [2.24, 2.45) is 15.1 Å². The van der Waals surface area contributed by atoms with Crippen LogP contribution in [0.25, 0.3) is 0 Å². The van der Waals surface area contributed by atoms with E-state index in [4.69, 9.17) is 5.73 Å². The fourth-order valence-corrected chi connectivity index (χ4v) is 7.19. The highest BCUT2D eigenvalue weighted by atomic mass is 32.2. The Kier molecular flexibility index (Phi) is 6.13. The third-order valence-corrected chi connectivity index (χ3v) is 9.58. The minimum atomic E-state index is -3.00. The number of carbonyl (C=O) groups is 1. The van der Waals surface area contributed by atoms with E-state index in [0.717, 1.165) is 12.6 Å². The lowest BCUT2D eigenvalue weighted by Crippen LogP contribution is -2.57. The number of rotatable bonds is 6. The summed E-state index contributed by atoms with van der Waals surface area (Å²) in [6.45, 7) is 0.824. The molecule has 2 N–H and O–H groups in total. The molecule has 0 spiro atoms. The lowest BCUT2D eigenvalue weighted by Gasteiger charge is -2.43. The lowest BCUT2D eigenvalue weighted by molar-refractivity contribution is -0.0500. The fourth-order valence-electron chi connectivity index (χ4n) is 4.28. The smallest absolute Gasteiger partial charge is 0.387 e. The highest BCUT2D eigenvalue weighted by molar-refractivity contribution is 7.95. The minimum Gasteiger partial charge on any atom is -0.433 e. The van der Waals surface area contributed by atoms with E-state index in [2.05, 4.69) is 24.1 Å². The van der Waals surface area contributed by atoms with Gasteiger partial charge in [-0.2, -0.15) is 8.78 Å². The quantitative estimate of drug-likeness (QED) is 0.615. The van der Waals surface area contributed by atoms with Gasteiger partial charge in [0.2, 0.25) is 0 Å². The van der Waals surface area contributed by atoms with Crippen molar-refractivity contribution >= 4 is 21.3 Å². The minimum absolute atomic E-state index is 0.0140. The van der Waals surface area contributed by atoms with E-state index < -0.39 is 38.2 Å². The van der Waals surface area contributed by atoms with Gasteiger partial charge in [0, 0.05) is 12.2 Å². The number of nitrogens with two attached hydrogens (primary N) is 1. The summed E-state index contributed by atoms with van der Waals surface area (Å²) in [5.74, 6) is -1.17. The number of aliphatic imine (C=N–C) groups is 1. The van der Waals surface area contributed by atoms with E-state index in [-0.39, 0.29) is 40.8 Å². The zero-order chi connectivity index (χ0) is 24.7. The van der Waals surface area contributed by atoms with Crippen LogP contribution in [-0.4, -0.2) is 49.5 Å². The monoisotopic (exact) mass is 495 g/mol. The number of hydrogen-bond donors (Lipinski definition) is 1. The van der Waals surface area contributed by atoms with Crippen molar-refractivity contribution in [3.63, 3.8) is 0 Å². The average Bonchev–Trinajstić information content (AvgIpc) is 2.76. The van der Waals surface area contributed by atoms with Crippen LogP contribution in [-0.2, 0) is 21.7 Å². The summed E-state index contributed by atoms with van der Waals surface area (Å²) < 4.78 is 61.0. The summed E-state index contributed by atoms with van der Waals surface area (Å²) in [5.41, 5.74) is 5.12. The van der Waals surface area contributed by atoms with Crippen molar-refractivity contribution in [1.29, 1.82) is 0 Å². The first-order chi connectivity index (χ1) is 16.0. The van der Waals surface area contributed by atoms with E-state index in [1.165, 1.54) is 24.3 Å². The standard InChI is InChI=1S/C22H24F3N5O3S/c1-21(12-34(32)22(2,19(26)30-21)8-3-9-28-34)18-15(23)6-4-13(29-18)10-17(31)16-7-5-14(11-27-16)33-20(24)25/h4-7,11,20H,3,8-10,12H2,1-2H3,(H2,26,30). The maximum Gasteiger partial charge on any atom is 0.387 e. The second-order valence-corrected chi connectivity index (χ2v) is 11.5. The fraction of sp³-hybridized carbons (Fsp3) is 0.455. The van der Waals surface area contributed by atoms with Crippen LogP contribution < -0.4 is 10.5 Å². The van der Waals surface area contributed by atoms with E-state index in [1.807, 2.05) is 0 Å². The molecule has 0 aliphatic carbocycles. The number of hydrogen-bond acceptors (Lipinski definition) is 8. The summed E-state index contributed by atoms with van der Waals surface area (Å²) in [6.07, 6.45) is 2.12. The number of fused-ring (bicyclic) bond motifs is 1. The first kappa shape index (κ1) is 24.1. The molecule has 3 atom stereocenters. The average molecular weight is 496 g/mol. The van der Waals surface area contributed by atoms with Gasteiger partial charge in [-0.3, -0.25) is 14.8 Å². The van der Waals surface area contributed by atoms with Crippen molar-refractivity contribution in [2.45, 2.75) is 50.0 Å². The molecule has 3 unspecified atom stereocenters. The summed E-state index contributed by atoms with van der Waals surface area (Å²) in [7, 11) is -2.82. The molecule has 12 heteroatoms. The van der Waals surface area contributed by atoms with E-state index in [9.17, 15) is 22.2 Å². The number of ketones is 1. The Bertz CT molecular complexity index is 1280. The molecule has 0 saturated carbocycles. The van der Waals surface area contributed by atoms with Gasteiger partial charge in [0.25, 0.3) is 0 Å². The van der Waals surface area contributed by atoms with Crippen LogP contribution in [0, 0.1) is 5.82 Å². The summed E-state index contributed by atoms with van der Waals surface area (Å²) >= 11 is 0. The van der Waals surface area contributed by atoms with Crippen LogP contribution in [0.4, 0.5) is 13.2 Å². The van der Waals surface area contributed by atoms with Gasteiger partial charge < -0.3 is 10.5 Å². The van der Waals surface area contributed by atoms with Crippen molar-refractivity contribution in [3.05, 3.63) is 53.4 Å². The molecule has 34 heavy (non-hydrogen) atoms. The molecule has 182 valence electrons. The van der Waals surface area contributed by atoms with E-state index >= 15 is 0 Å². The first-order valence-electron chi connectivity index (χ1n) is 10.6. The van der Waals surface area contributed by atoms with Gasteiger partial charge >= 0.3 is 6.61 Å². The molecule has 0 amide bonds. The number of amidine groups is 1. The molecule has 0 saturated heterocycles. The SMILES string of the molecule is CC1(c2nc(CC(=O)c3ccc(OC(F)F)cn3)ccc2F)CS2(=O)=NCCCC2(C)C(N)=N1. The number of Topliss-reactive ketones (excluding diaryl/α,β-unsaturated/α-hetero) is 1. The third-order valence-electron chi connectivity index (χ3n) is 6.20. The highest BCUT2D eigenvalue weighted by Gasteiger charge is 2.51. The van der Waals surface area contributed by atoms with Crippen LogP contribution in [0.3, 0.4) is 0 Å². The molecule has 8 nitrogen and oxygen atoms in total. The number of nitrogens with zero attached hydrogens (tertiary/aromatic N) is 4. The normalized spacial score (nSPS) is 28.6. The molecule has 2 aromatic heterocycles. The Hall–Kier alpha value is -3.02. The Morgan fingerprint density at radius 1 is 1.26 bits per heavy atom. The van der Waals surface area contributed by atoms with Gasteiger partial charge in [0.05, 0.1) is 28.1 Å². The topological polar surface area (TPSA) is 120 Å². The number of carbonyl (C=O) groups excluding carboxylic acids is 1. The van der Waals surface area contributed by atoms with E-state index in [0.29, 0.717) is 13.0 Å². The predicted molar refractivity (Wildman–Crippen MR) is 120 cm³/mol. The van der Waals surface area contributed by atoms with Crippen molar-refractivity contribution < 1.29 is 26.9 Å². The number of pyridine rings is 2. The molecule has 4 heterocycles. The molecule has 4 rings (SSSR count). The Morgan fingerprint density at radius 2 is 2.03 bits per heavy atom. The van der Waals surface area contributed by atoms with Crippen LogP contribution in [0.2, 0.25) is 0 Å². The first-order valence-corrected chi connectivity index (χ1v) is 12.3. The molecule has 0 radical (unpaired) electrons. The number of aromatic nitrogens is 2.